The van der Waals surface area contributed by atoms with E-state index >= 15 is 0 Å². The highest BCUT2D eigenvalue weighted by atomic mass is 16.5. The average molecular weight is 205 g/mol. The van der Waals surface area contributed by atoms with Crippen LogP contribution in [0.2, 0.25) is 0 Å². The van der Waals surface area contributed by atoms with Gasteiger partial charge in [-0.15, -0.1) is 0 Å². The van der Waals surface area contributed by atoms with Crippen molar-refractivity contribution in [3.63, 3.8) is 0 Å². The van der Waals surface area contributed by atoms with Crippen LogP contribution in [0.5, 0.6) is 5.75 Å². The summed E-state index contributed by atoms with van der Waals surface area (Å²) >= 11 is 0. The van der Waals surface area contributed by atoms with Crippen LogP contribution in [0.25, 0.3) is 0 Å². The van der Waals surface area contributed by atoms with Crippen molar-refractivity contribution in [2.45, 2.75) is 37.6 Å². The number of aryl methyl sites for hydroxylation is 1. The summed E-state index contributed by atoms with van der Waals surface area (Å²) < 4.78 is 5.32. The minimum absolute atomic E-state index is 0.112. The van der Waals surface area contributed by atoms with Gasteiger partial charge < -0.3 is 10.5 Å². The minimum atomic E-state index is 0.112. The quantitative estimate of drug-likeness (QED) is 0.819. The Labute approximate surface area is 91.4 Å². The predicted octanol–water partition coefficient (Wildman–Crippen LogP) is 2.51. The van der Waals surface area contributed by atoms with Crippen molar-refractivity contribution < 1.29 is 4.74 Å². The standard InChI is InChI=1S/C13H19NO/c1-15-12-6-3-2-5-11(12)7-10-13(14)8-4-9-13/h2-3,5-6H,4,7-10,14H2,1H3. The van der Waals surface area contributed by atoms with E-state index in [4.69, 9.17) is 10.5 Å². The van der Waals surface area contributed by atoms with Crippen LogP contribution < -0.4 is 10.5 Å². The van der Waals surface area contributed by atoms with Crippen LogP contribution in [-0.2, 0) is 6.42 Å². The summed E-state index contributed by atoms with van der Waals surface area (Å²) in [6, 6.07) is 8.20. The zero-order chi connectivity index (χ0) is 10.7. The second-order valence-corrected chi connectivity index (χ2v) is 4.53. The van der Waals surface area contributed by atoms with Gasteiger partial charge in [0.25, 0.3) is 0 Å². The van der Waals surface area contributed by atoms with Gasteiger partial charge in [0.05, 0.1) is 7.11 Å². The Balaban J connectivity index is 1.98. The molecule has 0 amide bonds. The Morgan fingerprint density at radius 1 is 1.33 bits per heavy atom. The van der Waals surface area contributed by atoms with Crippen molar-refractivity contribution in [1.82, 2.24) is 0 Å². The van der Waals surface area contributed by atoms with Gasteiger partial charge in [-0.3, -0.25) is 0 Å². The molecular weight excluding hydrogens is 186 g/mol. The lowest BCUT2D eigenvalue weighted by atomic mass is 9.74. The third-order valence-corrected chi connectivity index (χ3v) is 3.43. The Hall–Kier alpha value is -1.02. The molecule has 0 bridgehead atoms. The van der Waals surface area contributed by atoms with Gasteiger partial charge in [0, 0.05) is 5.54 Å². The van der Waals surface area contributed by atoms with Crippen molar-refractivity contribution >= 4 is 0 Å². The Morgan fingerprint density at radius 2 is 2.07 bits per heavy atom. The van der Waals surface area contributed by atoms with Gasteiger partial charge in [-0.1, -0.05) is 18.2 Å². The van der Waals surface area contributed by atoms with E-state index < -0.39 is 0 Å². The third-order valence-electron chi connectivity index (χ3n) is 3.43. The molecule has 1 aromatic carbocycles. The number of para-hydroxylation sites is 1. The highest BCUT2D eigenvalue weighted by Gasteiger charge is 2.31. The molecular formula is C13H19NO. The molecule has 0 heterocycles. The second-order valence-electron chi connectivity index (χ2n) is 4.53. The molecule has 1 aliphatic rings. The van der Waals surface area contributed by atoms with Gasteiger partial charge in [-0.2, -0.15) is 0 Å². The molecule has 1 aromatic rings. The number of rotatable bonds is 4. The largest absolute Gasteiger partial charge is 0.496 e. The normalized spacial score (nSPS) is 18.3. The van der Waals surface area contributed by atoms with Gasteiger partial charge in [0.15, 0.2) is 0 Å². The van der Waals surface area contributed by atoms with E-state index in [-0.39, 0.29) is 5.54 Å². The predicted molar refractivity (Wildman–Crippen MR) is 62.1 cm³/mol. The lowest BCUT2D eigenvalue weighted by Gasteiger charge is -2.38. The fourth-order valence-electron chi connectivity index (χ4n) is 2.17. The first-order valence-electron chi connectivity index (χ1n) is 5.64. The molecule has 1 saturated carbocycles. The minimum Gasteiger partial charge on any atom is -0.496 e. The summed E-state index contributed by atoms with van der Waals surface area (Å²) in [7, 11) is 1.72. The lowest BCUT2D eigenvalue weighted by molar-refractivity contribution is 0.231. The van der Waals surface area contributed by atoms with Gasteiger partial charge in [0.2, 0.25) is 0 Å². The fraction of sp³-hybridized carbons (Fsp3) is 0.538. The maximum Gasteiger partial charge on any atom is 0.122 e. The molecule has 2 N–H and O–H groups in total. The number of benzene rings is 1. The van der Waals surface area contributed by atoms with E-state index in [1.54, 1.807) is 7.11 Å². The number of ether oxygens (including phenoxy) is 1. The molecule has 15 heavy (non-hydrogen) atoms. The molecule has 1 fully saturated rings. The van der Waals surface area contributed by atoms with Crippen LogP contribution >= 0.6 is 0 Å². The highest BCUT2D eigenvalue weighted by Crippen LogP contribution is 2.34. The smallest absolute Gasteiger partial charge is 0.122 e. The second kappa shape index (κ2) is 4.23. The highest BCUT2D eigenvalue weighted by molar-refractivity contribution is 5.33. The summed E-state index contributed by atoms with van der Waals surface area (Å²) in [5.41, 5.74) is 7.59. The van der Waals surface area contributed by atoms with E-state index in [1.165, 1.54) is 24.8 Å². The third kappa shape index (κ3) is 2.32. The van der Waals surface area contributed by atoms with Crippen molar-refractivity contribution in [1.29, 1.82) is 0 Å². The molecule has 0 unspecified atom stereocenters. The molecule has 2 nitrogen and oxygen atoms in total. The Morgan fingerprint density at radius 3 is 2.67 bits per heavy atom. The first kappa shape index (κ1) is 10.5. The maximum atomic E-state index is 6.20. The molecule has 0 spiro atoms. The first-order chi connectivity index (χ1) is 7.23. The number of hydrogen-bond acceptors (Lipinski definition) is 2. The van der Waals surface area contributed by atoms with Gasteiger partial charge >= 0.3 is 0 Å². The summed E-state index contributed by atoms with van der Waals surface area (Å²) in [4.78, 5) is 0. The molecule has 2 heteroatoms. The molecule has 1 aliphatic carbocycles. The molecule has 0 aliphatic heterocycles. The van der Waals surface area contributed by atoms with Crippen molar-refractivity contribution in [3.05, 3.63) is 29.8 Å². The summed E-state index contributed by atoms with van der Waals surface area (Å²) in [5.74, 6) is 0.987. The van der Waals surface area contributed by atoms with E-state index in [1.807, 2.05) is 12.1 Å². The fourth-order valence-corrected chi connectivity index (χ4v) is 2.17. The van der Waals surface area contributed by atoms with Gasteiger partial charge in [-0.05, 0) is 43.7 Å². The number of methoxy groups -OCH3 is 1. The van der Waals surface area contributed by atoms with Gasteiger partial charge in [0.1, 0.15) is 5.75 Å². The first-order valence-corrected chi connectivity index (χ1v) is 5.64. The Kier molecular flexibility index (Phi) is 2.96. The molecule has 0 atom stereocenters. The average Bonchev–Trinajstić information content (AvgIpc) is 2.24. The van der Waals surface area contributed by atoms with E-state index in [0.29, 0.717) is 0 Å². The van der Waals surface area contributed by atoms with Crippen molar-refractivity contribution in [3.8, 4) is 5.75 Å². The van der Waals surface area contributed by atoms with E-state index in [9.17, 15) is 0 Å². The summed E-state index contributed by atoms with van der Waals surface area (Å²) in [6.07, 6.45) is 5.76. The molecule has 82 valence electrons. The van der Waals surface area contributed by atoms with Crippen LogP contribution in [-0.4, -0.2) is 12.6 Å². The SMILES string of the molecule is COc1ccccc1CCC1(N)CCC1. The monoisotopic (exact) mass is 205 g/mol. The van der Waals surface area contributed by atoms with Crippen LogP contribution in [0.3, 0.4) is 0 Å². The Bertz CT molecular complexity index is 331. The van der Waals surface area contributed by atoms with Crippen LogP contribution in [0.1, 0.15) is 31.2 Å². The van der Waals surface area contributed by atoms with Crippen molar-refractivity contribution in [2.24, 2.45) is 5.73 Å². The number of hydrogen-bond donors (Lipinski definition) is 1. The number of nitrogens with two attached hydrogens (primary N) is 1. The van der Waals surface area contributed by atoms with Gasteiger partial charge in [-0.25, -0.2) is 0 Å². The zero-order valence-corrected chi connectivity index (χ0v) is 9.33. The van der Waals surface area contributed by atoms with Crippen LogP contribution in [0.4, 0.5) is 0 Å². The zero-order valence-electron chi connectivity index (χ0n) is 9.33. The molecule has 0 saturated heterocycles. The van der Waals surface area contributed by atoms with Crippen LogP contribution in [0, 0.1) is 0 Å². The van der Waals surface area contributed by atoms with Crippen molar-refractivity contribution in [2.75, 3.05) is 7.11 Å². The van der Waals surface area contributed by atoms with Crippen LogP contribution in [0.15, 0.2) is 24.3 Å². The maximum absolute atomic E-state index is 6.20. The lowest BCUT2D eigenvalue weighted by Crippen LogP contribution is -2.46. The molecule has 0 radical (unpaired) electrons. The van der Waals surface area contributed by atoms with E-state index in [0.717, 1.165) is 18.6 Å². The molecule has 2 rings (SSSR count). The summed E-state index contributed by atoms with van der Waals surface area (Å²) in [5, 5.41) is 0. The summed E-state index contributed by atoms with van der Waals surface area (Å²) in [6.45, 7) is 0. The van der Waals surface area contributed by atoms with E-state index in [2.05, 4.69) is 12.1 Å². The topological polar surface area (TPSA) is 35.2 Å². The molecule has 0 aromatic heterocycles.